The Kier molecular flexibility index (Phi) is 9.08. The molecule has 0 spiro atoms. The van der Waals surface area contributed by atoms with Gasteiger partial charge >= 0.3 is 0 Å². The highest BCUT2D eigenvalue weighted by atomic mass is 16.5. The van der Waals surface area contributed by atoms with E-state index in [1.807, 2.05) is 68.4 Å². The normalized spacial score (nSPS) is 17.2. The van der Waals surface area contributed by atoms with Gasteiger partial charge in [0.05, 0.1) is 0 Å². The van der Waals surface area contributed by atoms with Crippen molar-refractivity contribution < 1.29 is 19.1 Å². The van der Waals surface area contributed by atoms with Crippen molar-refractivity contribution in [3.05, 3.63) is 60.2 Å². The first-order valence-electron chi connectivity index (χ1n) is 12.0. The third-order valence-electron chi connectivity index (χ3n) is 5.92. The van der Waals surface area contributed by atoms with Crippen LogP contribution in [0.25, 0.3) is 0 Å². The molecule has 3 N–H and O–H groups in total. The van der Waals surface area contributed by atoms with Crippen LogP contribution < -0.4 is 15.8 Å². The Bertz CT molecular complexity index is 977. The van der Waals surface area contributed by atoms with Gasteiger partial charge in [0.2, 0.25) is 17.7 Å². The highest BCUT2D eigenvalue weighted by molar-refractivity contribution is 5.90. The number of primary amides is 1. The standard InChI is InChI=1S/C27H35N3O4/c1-19(2)15-21(17-25(28)31)26(32)29-24-13-6-7-14-30(27(24)33)18-20-9-8-12-23(16-20)34-22-10-4-3-5-11-22/h3-5,8-12,16,19,21,24H,6-7,13-15,17-18H2,1-2H3,(H2,28,31)(H,29,32)/t21?,24-/m0/s1. The van der Waals surface area contributed by atoms with E-state index >= 15 is 0 Å². The second-order valence-electron chi connectivity index (χ2n) is 9.38. The number of amides is 3. The van der Waals surface area contributed by atoms with E-state index in [0.717, 1.165) is 24.2 Å². The van der Waals surface area contributed by atoms with Crippen LogP contribution in [0.15, 0.2) is 54.6 Å². The van der Waals surface area contributed by atoms with Gasteiger partial charge in [0.1, 0.15) is 17.5 Å². The molecule has 0 bridgehead atoms. The molecule has 2 atom stereocenters. The number of carbonyl (C=O) groups is 3. The quantitative estimate of drug-likeness (QED) is 0.553. The average Bonchev–Trinajstić information content (AvgIpc) is 2.95. The van der Waals surface area contributed by atoms with Crippen molar-refractivity contribution in [2.75, 3.05) is 6.54 Å². The third kappa shape index (κ3) is 7.61. The van der Waals surface area contributed by atoms with E-state index in [-0.39, 0.29) is 24.2 Å². The molecule has 7 nitrogen and oxygen atoms in total. The molecule has 0 saturated carbocycles. The summed E-state index contributed by atoms with van der Waals surface area (Å²) in [7, 11) is 0. The van der Waals surface area contributed by atoms with Crippen LogP contribution in [0.2, 0.25) is 0 Å². The van der Waals surface area contributed by atoms with Crippen LogP contribution in [0.4, 0.5) is 0 Å². The molecular formula is C27H35N3O4. The van der Waals surface area contributed by atoms with Crippen molar-refractivity contribution in [1.82, 2.24) is 10.2 Å². The van der Waals surface area contributed by atoms with Crippen molar-refractivity contribution in [1.29, 1.82) is 0 Å². The Morgan fingerprint density at radius 2 is 1.82 bits per heavy atom. The molecule has 3 rings (SSSR count). The second kappa shape index (κ2) is 12.2. The first-order chi connectivity index (χ1) is 16.3. The summed E-state index contributed by atoms with van der Waals surface area (Å²) in [5, 5.41) is 2.92. The molecule has 2 aromatic carbocycles. The van der Waals surface area contributed by atoms with E-state index in [1.54, 1.807) is 4.90 Å². The minimum absolute atomic E-state index is 0.0111. The zero-order chi connectivity index (χ0) is 24.5. The van der Waals surface area contributed by atoms with Crippen LogP contribution in [0, 0.1) is 11.8 Å². The summed E-state index contributed by atoms with van der Waals surface area (Å²) in [6.07, 6.45) is 2.84. The van der Waals surface area contributed by atoms with E-state index in [0.29, 0.717) is 31.7 Å². The summed E-state index contributed by atoms with van der Waals surface area (Å²) in [5.74, 6) is 0.301. The molecule has 3 amide bonds. The Balaban J connectivity index is 1.67. The molecule has 34 heavy (non-hydrogen) atoms. The number of benzene rings is 2. The molecule has 0 aliphatic carbocycles. The molecule has 1 aliphatic rings. The molecular weight excluding hydrogens is 430 g/mol. The molecule has 7 heteroatoms. The van der Waals surface area contributed by atoms with Crippen LogP contribution in [0.1, 0.15) is 51.5 Å². The number of nitrogens with two attached hydrogens (primary N) is 1. The van der Waals surface area contributed by atoms with Gasteiger partial charge < -0.3 is 20.7 Å². The lowest BCUT2D eigenvalue weighted by molar-refractivity contribution is -0.138. The van der Waals surface area contributed by atoms with E-state index in [2.05, 4.69) is 5.32 Å². The fourth-order valence-electron chi connectivity index (χ4n) is 4.33. The number of likely N-dealkylation sites (tertiary alicyclic amines) is 1. The number of nitrogens with zero attached hydrogens (tertiary/aromatic N) is 1. The van der Waals surface area contributed by atoms with Crippen LogP contribution in [-0.4, -0.2) is 35.2 Å². The lowest BCUT2D eigenvalue weighted by Gasteiger charge is -2.26. The largest absolute Gasteiger partial charge is 0.457 e. The summed E-state index contributed by atoms with van der Waals surface area (Å²) in [6.45, 7) is 5.06. The van der Waals surface area contributed by atoms with Gasteiger partial charge in [-0.05, 0) is 61.4 Å². The number of ether oxygens (including phenoxy) is 1. The minimum atomic E-state index is -0.596. The molecule has 1 saturated heterocycles. The van der Waals surface area contributed by atoms with Gasteiger partial charge in [-0.15, -0.1) is 0 Å². The number of hydrogen-bond donors (Lipinski definition) is 2. The topological polar surface area (TPSA) is 102 Å². The molecule has 1 unspecified atom stereocenters. The van der Waals surface area contributed by atoms with Crippen molar-refractivity contribution in [3.63, 3.8) is 0 Å². The summed E-state index contributed by atoms with van der Waals surface area (Å²) in [6, 6.07) is 16.7. The van der Waals surface area contributed by atoms with Gasteiger partial charge in [-0.25, -0.2) is 0 Å². The molecule has 1 fully saturated rings. The van der Waals surface area contributed by atoms with Crippen LogP contribution >= 0.6 is 0 Å². The van der Waals surface area contributed by atoms with Crippen molar-refractivity contribution in [3.8, 4) is 11.5 Å². The number of carbonyl (C=O) groups excluding carboxylic acids is 3. The maximum absolute atomic E-state index is 13.3. The fraction of sp³-hybridized carbons (Fsp3) is 0.444. The SMILES string of the molecule is CC(C)CC(CC(N)=O)C(=O)N[C@H]1CCCCN(Cc2cccc(Oc3ccccc3)c2)C1=O. The van der Waals surface area contributed by atoms with Crippen molar-refractivity contribution >= 4 is 17.7 Å². The molecule has 1 heterocycles. The monoisotopic (exact) mass is 465 g/mol. The van der Waals surface area contributed by atoms with Crippen molar-refractivity contribution in [2.45, 2.75) is 58.5 Å². The first kappa shape index (κ1) is 25.3. The minimum Gasteiger partial charge on any atom is -0.457 e. The lowest BCUT2D eigenvalue weighted by Crippen LogP contribution is -2.49. The summed E-state index contributed by atoms with van der Waals surface area (Å²) in [5.41, 5.74) is 6.32. The zero-order valence-corrected chi connectivity index (χ0v) is 20.0. The van der Waals surface area contributed by atoms with Crippen molar-refractivity contribution in [2.24, 2.45) is 17.6 Å². The van der Waals surface area contributed by atoms with E-state index in [1.165, 1.54) is 0 Å². The van der Waals surface area contributed by atoms with Gasteiger partial charge in [0.15, 0.2) is 0 Å². The number of hydrogen-bond acceptors (Lipinski definition) is 4. The maximum atomic E-state index is 13.3. The van der Waals surface area contributed by atoms with E-state index < -0.39 is 17.9 Å². The molecule has 0 aromatic heterocycles. The second-order valence-corrected chi connectivity index (χ2v) is 9.38. The summed E-state index contributed by atoms with van der Waals surface area (Å²) < 4.78 is 5.92. The number of para-hydroxylation sites is 1. The first-order valence-corrected chi connectivity index (χ1v) is 12.0. The Hall–Kier alpha value is -3.35. The maximum Gasteiger partial charge on any atom is 0.245 e. The number of nitrogens with one attached hydrogen (secondary N) is 1. The smallest absolute Gasteiger partial charge is 0.245 e. The highest BCUT2D eigenvalue weighted by Gasteiger charge is 2.31. The van der Waals surface area contributed by atoms with Gasteiger partial charge in [0, 0.05) is 25.4 Å². The predicted molar refractivity (Wildman–Crippen MR) is 131 cm³/mol. The zero-order valence-electron chi connectivity index (χ0n) is 20.0. The van der Waals surface area contributed by atoms with Crippen LogP contribution in [0.5, 0.6) is 11.5 Å². The molecule has 1 aliphatic heterocycles. The average molecular weight is 466 g/mol. The lowest BCUT2D eigenvalue weighted by atomic mass is 9.92. The Morgan fingerprint density at radius 3 is 2.53 bits per heavy atom. The van der Waals surface area contributed by atoms with Gasteiger partial charge in [0.25, 0.3) is 0 Å². The Labute approximate surface area is 201 Å². The summed E-state index contributed by atoms with van der Waals surface area (Å²) in [4.78, 5) is 39.5. The molecule has 182 valence electrons. The third-order valence-corrected chi connectivity index (χ3v) is 5.92. The number of rotatable bonds is 10. The van der Waals surface area contributed by atoms with E-state index in [9.17, 15) is 14.4 Å². The Morgan fingerprint density at radius 1 is 1.09 bits per heavy atom. The highest BCUT2D eigenvalue weighted by Crippen LogP contribution is 2.24. The predicted octanol–water partition coefficient (Wildman–Crippen LogP) is 4.01. The summed E-state index contributed by atoms with van der Waals surface area (Å²) >= 11 is 0. The van der Waals surface area contributed by atoms with Gasteiger partial charge in [-0.1, -0.05) is 44.2 Å². The van der Waals surface area contributed by atoms with Crippen LogP contribution in [-0.2, 0) is 20.9 Å². The van der Waals surface area contributed by atoms with Crippen LogP contribution in [0.3, 0.4) is 0 Å². The van der Waals surface area contributed by atoms with Gasteiger partial charge in [-0.2, -0.15) is 0 Å². The fourth-order valence-corrected chi connectivity index (χ4v) is 4.33. The molecule has 0 radical (unpaired) electrons. The molecule has 2 aromatic rings. The van der Waals surface area contributed by atoms with E-state index in [4.69, 9.17) is 10.5 Å². The van der Waals surface area contributed by atoms with Gasteiger partial charge in [-0.3, -0.25) is 14.4 Å².